The number of carbonyl (C=O) groups excluding carboxylic acids is 4. The van der Waals surface area contributed by atoms with Gasteiger partial charge in [-0.25, -0.2) is 0 Å². The minimum atomic E-state index is -0.519. The molecule has 0 aliphatic carbocycles. The van der Waals surface area contributed by atoms with Crippen molar-refractivity contribution in [1.29, 1.82) is 0 Å². The molecular weight excluding hydrogens is 392 g/mol. The summed E-state index contributed by atoms with van der Waals surface area (Å²) in [5, 5.41) is 2.03. The first kappa shape index (κ1) is 23.1. The summed E-state index contributed by atoms with van der Waals surface area (Å²) in [7, 11) is 0. The Labute approximate surface area is 174 Å². The zero-order chi connectivity index (χ0) is 21.9. The van der Waals surface area contributed by atoms with Crippen molar-refractivity contribution in [2.45, 2.75) is 25.8 Å². The molecule has 1 unspecified atom stereocenters. The molecule has 4 amide bonds. The number of amides is 4. The molecule has 1 aromatic carbocycles. The molecule has 1 aromatic rings. The van der Waals surface area contributed by atoms with Gasteiger partial charge < -0.3 is 14.2 Å². The molecule has 9 heteroatoms. The highest BCUT2D eigenvalue weighted by Gasteiger charge is 2.40. The Balaban J connectivity index is 1.93. The normalized spacial score (nSPS) is 13.5. The molecule has 0 bridgehead atoms. The van der Waals surface area contributed by atoms with E-state index in [0.717, 1.165) is 4.90 Å². The molecule has 2 rings (SSSR count). The molecular formula is C21H24N2O7. The van der Waals surface area contributed by atoms with Crippen molar-refractivity contribution in [2.24, 2.45) is 0 Å². The van der Waals surface area contributed by atoms with Crippen LogP contribution in [0.15, 0.2) is 18.2 Å². The Morgan fingerprint density at radius 2 is 1.93 bits per heavy atom. The molecule has 30 heavy (non-hydrogen) atoms. The minimum absolute atomic E-state index is 0.0130. The molecule has 0 fully saturated rings. The number of benzene rings is 1. The zero-order valence-electron chi connectivity index (χ0n) is 16.7. The van der Waals surface area contributed by atoms with E-state index in [-0.39, 0.29) is 43.8 Å². The van der Waals surface area contributed by atoms with Crippen molar-refractivity contribution in [3.05, 3.63) is 29.3 Å². The SMILES string of the molecule is C#CCOCCOCCOc1cccc2c1C(=O)N(C(C)CCC(=O)NC=O)C2=O. The number of terminal acetylenes is 1. The molecule has 1 N–H and O–H groups in total. The average Bonchev–Trinajstić information content (AvgIpc) is 2.99. The van der Waals surface area contributed by atoms with E-state index < -0.39 is 23.8 Å². The quantitative estimate of drug-likeness (QED) is 0.219. The van der Waals surface area contributed by atoms with Crippen molar-refractivity contribution in [3.8, 4) is 18.1 Å². The second kappa shape index (κ2) is 11.7. The summed E-state index contributed by atoms with van der Waals surface area (Å²) < 4.78 is 16.1. The first-order chi connectivity index (χ1) is 14.5. The lowest BCUT2D eigenvalue weighted by atomic mass is 10.1. The Bertz CT molecular complexity index is 831. The number of fused-ring (bicyclic) bond motifs is 1. The summed E-state index contributed by atoms with van der Waals surface area (Å²) in [6.45, 7) is 3.09. The molecule has 0 saturated carbocycles. The summed E-state index contributed by atoms with van der Waals surface area (Å²) in [6, 6.07) is 4.30. The van der Waals surface area contributed by atoms with E-state index in [1.165, 1.54) is 0 Å². The van der Waals surface area contributed by atoms with Crippen molar-refractivity contribution >= 4 is 24.1 Å². The van der Waals surface area contributed by atoms with Crippen LogP contribution in [0.4, 0.5) is 0 Å². The van der Waals surface area contributed by atoms with E-state index in [1.54, 1.807) is 25.1 Å². The Morgan fingerprint density at radius 3 is 2.67 bits per heavy atom. The maximum Gasteiger partial charge on any atom is 0.265 e. The van der Waals surface area contributed by atoms with Gasteiger partial charge in [-0.1, -0.05) is 12.0 Å². The fraction of sp³-hybridized carbons (Fsp3) is 0.429. The highest BCUT2D eigenvalue weighted by Crippen LogP contribution is 2.32. The van der Waals surface area contributed by atoms with Crippen molar-refractivity contribution in [1.82, 2.24) is 10.2 Å². The molecule has 1 aliphatic heterocycles. The number of carbonyl (C=O) groups is 4. The largest absolute Gasteiger partial charge is 0.490 e. The molecule has 9 nitrogen and oxygen atoms in total. The van der Waals surface area contributed by atoms with Gasteiger partial charge in [0.1, 0.15) is 19.0 Å². The molecule has 0 radical (unpaired) electrons. The van der Waals surface area contributed by atoms with Crippen LogP contribution in [0.25, 0.3) is 0 Å². The maximum atomic E-state index is 12.9. The first-order valence-electron chi connectivity index (χ1n) is 9.47. The monoisotopic (exact) mass is 416 g/mol. The van der Waals surface area contributed by atoms with E-state index in [4.69, 9.17) is 20.6 Å². The predicted molar refractivity (Wildman–Crippen MR) is 106 cm³/mol. The van der Waals surface area contributed by atoms with Crippen LogP contribution in [0.1, 0.15) is 40.5 Å². The van der Waals surface area contributed by atoms with Gasteiger partial charge in [0.15, 0.2) is 0 Å². The van der Waals surface area contributed by atoms with Crippen LogP contribution in [0, 0.1) is 12.3 Å². The van der Waals surface area contributed by atoms with E-state index in [0.29, 0.717) is 25.4 Å². The van der Waals surface area contributed by atoms with Gasteiger partial charge in [0.2, 0.25) is 12.3 Å². The van der Waals surface area contributed by atoms with Crippen LogP contribution in [0.3, 0.4) is 0 Å². The van der Waals surface area contributed by atoms with E-state index >= 15 is 0 Å². The van der Waals surface area contributed by atoms with Gasteiger partial charge in [-0.15, -0.1) is 6.42 Å². The Morgan fingerprint density at radius 1 is 1.20 bits per heavy atom. The predicted octanol–water partition coefficient (Wildman–Crippen LogP) is 0.769. The molecule has 1 aliphatic rings. The van der Waals surface area contributed by atoms with Crippen molar-refractivity contribution in [3.63, 3.8) is 0 Å². The second-order valence-electron chi connectivity index (χ2n) is 6.45. The summed E-state index contributed by atoms with van der Waals surface area (Å²) in [5.41, 5.74) is 0.453. The lowest BCUT2D eigenvalue weighted by molar-refractivity contribution is -0.125. The fourth-order valence-corrected chi connectivity index (χ4v) is 2.96. The highest BCUT2D eigenvalue weighted by atomic mass is 16.5. The number of nitrogens with zero attached hydrogens (tertiary/aromatic N) is 1. The standard InChI is InChI=1S/C21H24N2O7/c1-3-9-28-10-11-29-12-13-30-17-6-4-5-16-19(17)21(27)23(20(16)26)15(2)7-8-18(25)22-14-24/h1,4-6,14-15H,7-13H2,2H3,(H,22,24,25). The Hall–Kier alpha value is -3.22. The van der Waals surface area contributed by atoms with Gasteiger partial charge in [0.25, 0.3) is 11.8 Å². The van der Waals surface area contributed by atoms with Gasteiger partial charge in [-0.3, -0.25) is 29.4 Å². The van der Waals surface area contributed by atoms with Crippen LogP contribution < -0.4 is 10.1 Å². The summed E-state index contributed by atoms with van der Waals surface area (Å²) in [4.78, 5) is 48.5. The Kier molecular flexibility index (Phi) is 9.00. The van der Waals surface area contributed by atoms with Crippen LogP contribution in [0.5, 0.6) is 5.75 Å². The third kappa shape index (κ3) is 5.89. The van der Waals surface area contributed by atoms with E-state index in [2.05, 4.69) is 5.92 Å². The van der Waals surface area contributed by atoms with Gasteiger partial charge >= 0.3 is 0 Å². The van der Waals surface area contributed by atoms with E-state index in [1.807, 2.05) is 5.32 Å². The van der Waals surface area contributed by atoms with Crippen molar-refractivity contribution in [2.75, 3.05) is 33.0 Å². The van der Waals surface area contributed by atoms with Crippen LogP contribution in [0.2, 0.25) is 0 Å². The third-order valence-electron chi connectivity index (χ3n) is 4.40. The molecule has 0 aromatic heterocycles. The lowest BCUT2D eigenvalue weighted by Gasteiger charge is -2.22. The molecule has 1 atom stereocenters. The summed E-state index contributed by atoms with van der Waals surface area (Å²) >= 11 is 0. The van der Waals surface area contributed by atoms with Crippen molar-refractivity contribution < 1.29 is 33.4 Å². The third-order valence-corrected chi connectivity index (χ3v) is 4.40. The van der Waals surface area contributed by atoms with E-state index in [9.17, 15) is 19.2 Å². The van der Waals surface area contributed by atoms with Gasteiger partial charge in [-0.05, 0) is 25.5 Å². The first-order valence-corrected chi connectivity index (χ1v) is 9.47. The van der Waals surface area contributed by atoms with Gasteiger partial charge in [0.05, 0.1) is 30.9 Å². The summed E-state index contributed by atoms with van der Waals surface area (Å²) in [5.74, 6) is 1.27. The second-order valence-corrected chi connectivity index (χ2v) is 6.45. The number of hydrogen-bond donors (Lipinski definition) is 1. The molecule has 1 heterocycles. The van der Waals surface area contributed by atoms with Gasteiger partial charge in [-0.2, -0.15) is 0 Å². The van der Waals surface area contributed by atoms with Crippen LogP contribution in [-0.4, -0.2) is 68.1 Å². The maximum absolute atomic E-state index is 12.9. The molecule has 0 spiro atoms. The smallest absolute Gasteiger partial charge is 0.265 e. The number of nitrogens with one attached hydrogen (secondary N) is 1. The molecule has 160 valence electrons. The van der Waals surface area contributed by atoms with Crippen LogP contribution >= 0.6 is 0 Å². The average molecular weight is 416 g/mol. The lowest BCUT2D eigenvalue weighted by Crippen LogP contribution is -2.38. The number of rotatable bonds is 13. The summed E-state index contributed by atoms with van der Waals surface area (Å²) in [6.07, 6.45) is 5.61. The molecule has 0 saturated heterocycles. The van der Waals surface area contributed by atoms with Gasteiger partial charge in [0, 0.05) is 12.5 Å². The van der Waals surface area contributed by atoms with Crippen LogP contribution in [-0.2, 0) is 19.1 Å². The fourth-order valence-electron chi connectivity index (χ4n) is 2.96. The minimum Gasteiger partial charge on any atom is -0.490 e. The number of ether oxygens (including phenoxy) is 3. The number of hydrogen-bond acceptors (Lipinski definition) is 7. The highest BCUT2D eigenvalue weighted by molar-refractivity contribution is 6.22. The topological polar surface area (TPSA) is 111 Å². The number of imide groups is 2. The zero-order valence-corrected chi connectivity index (χ0v) is 16.7.